The van der Waals surface area contributed by atoms with E-state index in [4.69, 9.17) is 9.97 Å². The number of fused-ring (bicyclic) bond motifs is 1. The molecule has 23 heavy (non-hydrogen) atoms. The van der Waals surface area contributed by atoms with Gasteiger partial charge in [-0.1, -0.05) is 12.8 Å². The molecule has 1 atom stereocenters. The van der Waals surface area contributed by atoms with E-state index in [-0.39, 0.29) is 11.9 Å². The Morgan fingerprint density at radius 1 is 1.26 bits per heavy atom. The minimum absolute atomic E-state index is 0.0503. The topological polar surface area (TPSA) is 75.9 Å². The third-order valence-corrected chi connectivity index (χ3v) is 5.08. The van der Waals surface area contributed by atoms with Crippen LogP contribution in [0, 0.1) is 0 Å². The van der Waals surface area contributed by atoms with Crippen molar-refractivity contribution < 1.29 is 4.79 Å². The van der Waals surface area contributed by atoms with Crippen LogP contribution in [0.1, 0.15) is 44.3 Å². The van der Waals surface area contributed by atoms with Crippen molar-refractivity contribution in [3.05, 3.63) is 12.0 Å². The molecule has 2 aliphatic rings. The Kier molecular flexibility index (Phi) is 3.43. The number of hydrogen-bond donors (Lipinski definition) is 1. The summed E-state index contributed by atoms with van der Waals surface area (Å²) in [6, 6.07) is -0.224. The molecule has 1 saturated heterocycles. The summed E-state index contributed by atoms with van der Waals surface area (Å²) in [6.07, 6.45) is 6.60. The van der Waals surface area contributed by atoms with Gasteiger partial charge in [0.05, 0.1) is 11.6 Å². The largest absolute Gasteiger partial charge is 0.353 e. The van der Waals surface area contributed by atoms with Gasteiger partial charge < -0.3 is 10.2 Å². The first-order chi connectivity index (χ1) is 11.1. The molecule has 122 valence electrons. The van der Waals surface area contributed by atoms with Gasteiger partial charge in [-0.2, -0.15) is 5.10 Å². The molecule has 0 aromatic carbocycles. The van der Waals surface area contributed by atoms with Gasteiger partial charge in [-0.05, 0) is 19.8 Å². The molecule has 2 aromatic rings. The first-order valence-electron chi connectivity index (χ1n) is 8.39. The quantitative estimate of drug-likeness (QED) is 0.905. The van der Waals surface area contributed by atoms with Crippen molar-refractivity contribution in [2.45, 2.75) is 44.6 Å². The summed E-state index contributed by atoms with van der Waals surface area (Å²) in [4.78, 5) is 23.8. The Bertz CT molecular complexity index is 748. The molecule has 0 spiro atoms. The van der Waals surface area contributed by atoms with E-state index >= 15 is 0 Å². The highest BCUT2D eigenvalue weighted by Crippen LogP contribution is 2.35. The molecule has 0 unspecified atom stereocenters. The number of hydrogen-bond acceptors (Lipinski definition) is 5. The third-order valence-electron chi connectivity index (χ3n) is 5.08. The van der Waals surface area contributed by atoms with E-state index in [2.05, 4.69) is 15.3 Å². The Morgan fingerprint density at radius 2 is 2.04 bits per heavy atom. The number of amides is 1. The number of anilines is 1. The lowest BCUT2D eigenvalue weighted by Gasteiger charge is -2.34. The number of rotatable bonds is 2. The zero-order valence-corrected chi connectivity index (χ0v) is 13.6. The lowest BCUT2D eigenvalue weighted by molar-refractivity contribution is -0.122. The maximum absolute atomic E-state index is 12.0. The van der Waals surface area contributed by atoms with Crippen LogP contribution < -0.4 is 10.2 Å². The maximum Gasteiger partial charge on any atom is 0.242 e. The molecule has 0 bridgehead atoms. The van der Waals surface area contributed by atoms with Gasteiger partial charge in [0, 0.05) is 26.1 Å². The summed E-state index contributed by atoms with van der Waals surface area (Å²) in [5.41, 5.74) is 0.857. The first-order valence-corrected chi connectivity index (χ1v) is 8.39. The van der Waals surface area contributed by atoms with Gasteiger partial charge in [0.15, 0.2) is 5.65 Å². The predicted octanol–water partition coefficient (Wildman–Crippen LogP) is 1.35. The second-order valence-corrected chi connectivity index (χ2v) is 6.55. The molecule has 7 nitrogen and oxygen atoms in total. The molecular weight excluding hydrogens is 292 g/mol. The summed E-state index contributed by atoms with van der Waals surface area (Å²) in [5, 5.41) is 8.19. The van der Waals surface area contributed by atoms with Crippen LogP contribution in [0.3, 0.4) is 0 Å². The van der Waals surface area contributed by atoms with E-state index in [1.54, 1.807) is 4.68 Å². The van der Waals surface area contributed by atoms with Crippen molar-refractivity contribution in [1.29, 1.82) is 0 Å². The lowest BCUT2D eigenvalue weighted by Crippen LogP contribution is -2.54. The zero-order chi connectivity index (χ0) is 16.0. The maximum atomic E-state index is 12.0. The van der Waals surface area contributed by atoms with Crippen LogP contribution in [0.4, 0.5) is 5.82 Å². The molecule has 2 fully saturated rings. The van der Waals surface area contributed by atoms with Gasteiger partial charge in [-0.3, -0.25) is 9.48 Å². The molecular formula is C16H22N6O. The molecule has 7 heteroatoms. The van der Waals surface area contributed by atoms with Gasteiger partial charge >= 0.3 is 0 Å². The summed E-state index contributed by atoms with van der Waals surface area (Å²) < 4.78 is 1.80. The summed E-state index contributed by atoms with van der Waals surface area (Å²) in [5.74, 6) is 2.25. The fourth-order valence-electron chi connectivity index (χ4n) is 3.68. The fraction of sp³-hybridized carbons (Fsp3) is 0.625. The normalized spacial score (nSPS) is 22.8. The number of carbonyl (C=O) groups is 1. The van der Waals surface area contributed by atoms with E-state index in [1.807, 2.05) is 20.2 Å². The zero-order valence-electron chi connectivity index (χ0n) is 13.6. The SMILES string of the molecule is C[C@@H]1C(=O)NCCN1c1nc(C2CCCC2)nc2c1cnn2C. The molecule has 4 rings (SSSR count). The van der Waals surface area contributed by atoms with E-state index in [1.165, 1.54) is 12.8 Å². The molecule has 1 amide bonds. The molecule has 2 aromatic heterocycles. The smallest absolute Gasteiger partial charge is 0.242 e. The first kappa shape index (κ1) is 14.4. The lowest BCUT2D eigenvalue weighted by atomic mass is 10.1. The number of aromatic nitrogens is 4. The van der Waals surface area contributed by atoms with Crippen LogP contribution in [-0.2, 0) is 11.8 Å². The van der Waals surface area contributed by atoms with Gasteiger partial charge in [-0.15, -0.1) is 0 Å². The van der Waals surface area contributed by atoms with Gasteiger partial charge in [0.1, 0.15) is 17.7 Å². The van der Waals surface area contributed by atoms with Crippen molar-refractivity contribution >= 4 is 22.8 Å². The Labute approximate surface area is 135 Å². The molecule has 1 saturated carbocycles. The number of carbonyl (C=O) groups excluding carboxylic acids is 1. The fourth-order valence-corrected chi connectivity index (χ4v) is 3.68. The molecule has 3 heterocycles. The van der Waals surface area contributed by atoms with Crippen LogP contribution in [0.15, 0.2) is 6.20 Å². The van der Waals surface area contributed by atoms with E-state index in [0.717, 1.165) is 42.1 Å². The van der Waals surface area contributed by atoms with E-state index < -0.39 is 0 Å². The van der Waals surface area contributed by atoms with Crippen LogP contribution in [-0.4, -0.2) is 44.8 Å². The molecule has 1 aliphatic heterocycles. The Morgan fingerprint density at radius 3 is 2.83 bits per heavy atom. The van der Waals surface area contributed by atoms with Crippen LogP contribution in [0.5, 0.6) is 0 Å². The van der Waals surface area contributed by atoms with Crippen molar-refractivity contribution in [3.8, 4) is 0 Å². The summed E-state index contributed by atoms with van der Waals surface area (Å²) in [6.45, 7) is 3.33. The number of nitrogens with zero attached hydrogens (tertiary/aromatic N) is 5. The average Bonchev–Trinajstić information content (AvgIpc) is 3.20. The molecule has 0 radical (unpaired) electrons. The summed E-state index contributed by atoms with van der Waals surface area (Å²) in [7, 11) is 1.91. The average molecular weight is 314 g/mol. The van der Waals surface area contributed by atoms with Crippen LogP contribution in [0.2, 0.25) is 0 Å². The standard InChI is InChI=1S/C16H22N6O/c1-10-16(23)17-7-8-22(10)15-12-9-18-21(2)14(12)19-13(20-15)11-5-3-4-6-11/h9-11H,3-8H2,1-2H3,(H,17,23)/t10-/m1/s1. The molecule has 1 N–H and O–H groups in total. The van der Waals surface area contributed by atoms with Gasteiger partial charge in [-0.25, -0.2) is 9.97 Å². The third kappa shape index (κ3) is 2.34. The molecule has 1 aliphatic carbocycles. The number of piperazine rings is 1. The Hall–Kier alpha value is -2.18. The highest BCUT2D eigenvalue weighted by atomic mass is 16.2. The minimum atomic E-state index is -0.224. The predicted molar refractivity (Wildman–Crippen MR) is 87.3 cm³/mol. The highest BCUT2D eigenvalue weighted by Gasteiger charge is 2.30. The van der Waals surface area contributed by atoms with Crippen molar-refractivity contribution in [3.63, 3.8) is 0 Å². The van der Waals surface area contributed by atoms with E-state index in [9.17, 15) is 4.79 Å². The van der Waals surface area contributed by atoms with Crippen molar-refractivity contribution in [1.82, 2.24) is 25.1 Å². The Balaban J connectivity index is 1.85. The van der Waals surface area contributed by atoms with Crippen molar-refractivity contribution in [2.24, 2.45) is 7.05 Å². The second kappa shape index (κ2) is 5.47. The van der Waals surface area contributed by atoms with Crippen molar-refractivity contribution in [2.75, 3.05) is 18.0 Å². The van der Waals surface area contributed by atoms with Crippen LogP contribution in [0.25, 0.3) is 11.0 Å². The monoisotopic (exact) mass is 314 g/mol. The summed E-state index contributed by atoms with van der Waals surface area (Å²) >= 11 is 0. The number of aryl methyl sites for hydroxylation is 1. The minimum Gasteiger partial charge on any atom is -0.353 e. The van der Waals surface area contributed by atoms with Crippen LogP contribution >= 0.6 is 0 Å². The van der Waals surface area contributed by atoms with Gasteiger partial charge in [0.25, 0.3) is 0 Å². The van der Waals surface area contributed by atoms with Gasteiger partial charge in [0.2, 0.25) is 5.91 Å². The number of nitrogens with one attached hydrogen (secondary N) is 1. The second-order valence-electron chi connectivity index (χ2n) is 6.55. The highest BCUT2D eigenvalue weighted by molar-refractivity contribution is 5.92. The van der Waals surface area contributed by atoms with E-state index in [0.29, 0.717) is 12.5 Å².